The molecule has 7 heteroatoms. The highest BCUT2D eigenvalue weighted by atomic mass is 15.1. The Labute approximate surface area is 154 Å². The molecule has 1 aromatic heterocycles. The van der Waals surface area contributed by atoms with Crippen molar-refractivity contribution < 1.29 is 0 Å². The molecule has 10 N–H and O–H groups in total. The van der Waals surface area contributed by atoms with E-state index in [2.05, 4.69) is 29.5 Å². The summed E-state index contributed by atoms with van der Waals surface area (Å²) in [7, 11) is 0. The van der Waals surface area contributed by atoms with Crippen molar-refractivity contribution in [3.05, 3.63) is 58.8 Å². The maximum Gasteiger partial charge on any atom is 0.132 e. The van der Waals surface area contributed by atoms with Crippen molar-refractivity contribution >= 4 is 17.6 Å². The second-order valence-corrected chi connectivity index (χ2v) is 6.61. The van der Waals surface area contributed by atoms with E-state index in [-0.39, 0.29) is 0 Å². The van der Waals surface area contributed by atoms with Crippen LogP contribution >= 0.6 is 0 Å². The summed E-state index contributed by atoms with van der Waals surface area (Å²) >= 11 is 0. The Kier molecular flexibility index (Phi) is 6.68. The molecular formula is C19H29N7. The Balaban J connectivity index is 2.20. The van der Waals surface area contributed by atoms with Gasteiger partial charge in [-0.15, -0.1) is 0 Å². The van der Waals surface area contributed by atoms with Crippen LogP contribution in [0.5, 0.6) is 0 Å². The number of anilines is 2. The van der Waals surface area contributed by atoms with Crippen molar-refractivity contribution in [2.75, 3.05) is 23.7 Å². The van der Waals surface area contributed by atoms with Gasteiger partial charge < -0.3 is 33.6 Å². The average molecular weight is 355 g/mol. The second-order valence-electron chi connectivity index (χ2n) is 6.61. The van der Waals surface area contributed by atoms with Crippen LogP contribution in [0.1, 0.15) is 26.0 Å². The van der Waals surface area contributed by atoms with Gasteiger partial charge >= 0.3 is 0 Å². The Morgan fingerprint density at radius 2 is 2.08 bits per heavy atom. The molecule has 0 amide bonds. The zero-order valence-corrected chi connectivity index (χ0v) is 15.4. The molecule has 140 valence electrons. The molecular weight excluding hydrogens is 326 g/mol. The lowest BCUT2D eigenvalue weighted by molar-refractivity contribution is 0.648. The molecule has 0 spiro atoms. The van der Waals surface area contributed by atoms with Crippen LogP contribution in [0.15, 0.2) is 53.1 Å². The number of hydrogen-bond donors (Lipinski definition) is 6. The molecule has 26 heavy (non-hydrogen) atoms. The lowest BCUT2D eigenvalue weighted by Gasteiger charge is -2.20. The highest BCUT2D eigenvalue weighted by Crippen LogP contribution is 2.26. The maximum atomic E-state index is 6.09. The number of nitrogens with one attached hydrogen (secondary N) is 2. The summed E-state index contributed by atoms with van der Waals surface area (Å²) in [5.74, 6) is 1.65. The summed E-state index contributed by atoms with van der Waals surface area (Å²) in [5.41, 5.74) is 27.8. The molecule has 1 aliphatic rings. The fourth-order valence-electron chi connectivity index (χ4n) is 2.75. The van der Waals surface area contributed by atoms with Gasteiger partial charge in [-0.3, -0.25) is 0 Å². The number of fused-ring (bicyclic) bond motifs is 1. The zero-order valence-electron chi connectivity index (χ0n) is 15.4. The number of nitrogens with zero attached hydrogens (tertiary/aromatic N) is 1. The molecule has 2 heterocycles. The third-order valence-corrected chi connectivity index (χ3v) is 4.01. The highest BCUT2D eigenvalue weighted by Gasteiger charge is 2.14. The van der Waals surface area contributed by atoms with E-state index in [0.717, 1.165) is 34.5 Å². The van der Waals surface area contributed by atoms with Gasteiger partial charge in [-0.25, -0.2) is 4.98 Å². The minimum absolute atomic E-state index is 0.386. The Morgan fingerprint density at radius 1 is 1.31 bits per heavy atom. The standard InChI is InChI=1S/C19H29N7/c1-12(2)5-13(8-20)6-18(23)26-19-4-3-16-17(25-19)7-14(11-24-16)15(9-21)10-22/h3-4,6-9,12,24H,5,10-11,20-23H2,1-2H3,(H,25,26)/b13-8-,15-9+,18-6+. The number of hydrogen-bond acceptors (Lipinski definition) is 7. The summed E-state index contributed by atoms with van der Waals surface area (Å²) in [6.07, 6.45) is 7.81. The Hall–Kier alpha value is -2.93. The lowest BCUT2D eigenvalue weighted by Crippen LogP contribution is -2.18. The van der Waals surface area contributed by atoms with Crippen LogP contribution in [0.3, 0.4) is 0 Å². The molecule has 1 aliphatic heterocycles. The van der Waals surface area contributed by atoms with Gasteiger partial charge in [0, 0.05) is 13.1 Å². The number of allylic oxidation sites excluding steroid dienone is 2. The van der Waals surface area contributed by atoms with Crippen LogP contribution < -0.4 is 33.6 Å². The van der Waals surface area contributed by atoms with Gasteiger partial charge in [-0.05, 0) is 65.7 Å². The first-order valence-electron chi connectivity index (χ1n) is 8.68. The third-order valence-electron chi connectivity index (χ3n) is 4.01. The molecule has 0 saturated carbocycles. The van der Waals surface area contributed by atoms with Gasteiger partial charge in [-0.2, -0.15) is 0 Å². The normalized spacial score (nSPS) is 15.4. The van der Waals surface area contributed by atoms with Gasteiger partial charge in [-0.1, -0.05) is 13.8 Å². The molecule has 0 saturated heterocycles. The van der Waals surface area contributed by atoms with Crippen LogP contribution in [-0.2, 0) is 0 Å². The maximum absolute atomic E-state index is 6.09. The minimum atomic E-state index is 0.386. The first-order valence-corrected chi connectivity index (χ1v) is 8.68. The summed E-state index contributed by atoms with van der Waals surface area (Å²) in [6, 6.07) is 3.84. The number of pyridine rings is 1. The molecule has 0 aromatic carbocycles. The van der Waals surface area contributed by atoms with Crippen molar-refractivity contribution in [2.45, 2.75) is 20.3 Å². The van der Waals surface area contributed by atoms with Crippen LogP contribution in [0.2, 0.25) is 0 Å². The lowest BCUT2D eigenvalue weighted by atomic mass is 10.0. The van der Waals surface area contributed by atoms with Gasteiger partial charge in [0.1, 0.15) is 11.6 Å². The summed E-state index contributed by atoms with van der Waals surface area (Å²) in [4.78, 5) is 4.62. The third kappa shape index (κ3) is 5.03. The van der Waals surface area contributed by atoms with E-state index in [4.69, 9.17) is 22.9 Å². The van der Waals surface area contributed by atoms with Crippen molar-refractivity contribution in [3.63, 3.8) is 0 Å². The summed E-state index contributed by atoms with van der Waals surface area (Å²) < 4.78 is 0. The predicted octanol–water partition coefficient (Wildman–Crippen LogP) is 1.79. The molecule has 0 unspecified atom stereocenters. The first kappa shape index (κ1) is 19.4. The zero-order chi connectivity index (χ0) is 19.1. The van der Waals surface area contributed by atoms with Crippen LogP contribution in [0.4, 0.5) is 11.5 Å². The van der Waals surface area contributed by atoms with Gasteiger partial charge in [0.2, 0.25) is 0 Å². The van der Waals surface area contributed by atoms with E-state index < -0.39 is 0 Å². The highest BCUT2D eigenvalue weighted by molar-refractivity contribution is 5.74. The Morgan fingerprint density at radius 3 is 2.69 bits per heavy atom. The van der Waals surface area contributed by atoms with Crippen LogP contribution in [0, 0.1) is 5.92 Å². The second kappa shape index (κ2) is 8.96. The molecule has 7 nitrogen and oxygen atoms in total. The van der Waals surface area contributed by atoms with E-state index in [1.54, 1.807) is 6.20 Å². The quantitative estimate of drug-likeness (QED) is 0.410. The van der Waals surface area contributed by atoms with Gasteiger partial charge in [0.15, 0.2) is 0 Å². The molecule has 1 aromatic rings. The average Bonchev–Trinajstić information content (AvgIpc) is 2.61. The van der Waals surface area contributed by atoms with Crippen molar-refractivity contribution in [1.29, 1.82) is 0 Å². The van der Waals surface area contributed by atoms with E-state index in [1.165, 1.54) is 6.20 Å². The van der Waals surface area contributed by atoms with Crippen molar-refractivity contribution in [3.8, 4) is 0 Å². The Bertz CT molecular complexity index is 757. The van der Waals surface area contributed by atoms with Crippen LogP contribution in [0.25, 0.3) is 6.08 Å². The van der Waals surface area contributed by atoms with Crippen molar-refractivity contribution in [2.24, 2.45) is 28.9 Å². The smallest absolute Gasteiger partial charge is 0.132 e. The largest absolute Gasteiger partial charge is 0.404 e. The summed E-state index contributed by atoms with van der Waals surface area (Å²) in [6.45, 7) is 5.32. The number of rotatable bonds is 7. The van der Waals surface area contributed by atoms with Gasteiger partial charge in [0.05, 0.1) is 11.4 Å². The summed E-state index contributed by atoms with van der Waals surface area (Å²) in [5, 5.41) is 6.44. The monoisotopic (exact) mass is 355 g/mol. The van der Waals surface area contributed by atoms with E-state index >= 15 is 0 Å². The predicted molar refractivity (Wildman–Crippen MR) is 110 cm³/mol. The van der Waals surface area contributed by atoms with Crippen molar-refractivity contribution in [1.82, 2.24) is 4.98 Å². The molecule has 0 fully saturated rings. The van der Waals surface area contributed by atoms with Gasteiger partial charge in [0.25, 0.3) is 0 Å². The SMILES string of the molecule is CC(C)CC(=C/N)/C=C(\N)Nc1ccc2c(n1)C=C(/C(=C/N)CN)CN2. The minimum Gasteiger partial charge on any atom is -0.404 e. The molecule has 2 rings (SSSR count). The molecule has 0 bridgehead atoms. The van der Waals surface area contributed by atoms with Crippen LogP contribution in [-0.4, -0.2) is 18.1 Å². The molecule has 0 aliphatic carbocycles. The first-order chi connectivity index (χ1) is 12.5. The molecule has 0 radical (unpaired) electrons. The van der Waals surface area contributed by atoms with E-state index in [1.807, 2.05) is 24.3 Å². The fourth-order valence-corrected chi connectivity index (χ4v) is 2.75. The van der Waals surface area contributed by atoms with E-state index in [9.17, 15) is 0 Å². The number of aromatic nitrogens is 1. The fraction of sp³-hybridized carbons (Fsp3) is 0.316. The molecule has 0 atom stereocenters. The topological polar surface area (TPSA) is 141 Å². The van der Waals surface area contributed by atoms with E-state index in [0.29, 0.717) is 30.6 Å². The number of nitrogens with two attached hydrogens (primary N) is 4.